The molecule has 2 atom stereocenters. The highest BCUT2D eigenvalue weighted by atomic mass is 32.2. The summed E-state index contributed by atoms with van der Waals surface area (Å²) in [6.45, 7) is 0.343. The predicted octanol–water partition coefficient (Wildman–Crippen LogP) is -0.573. The van der Waals surface area contributed by atoms with Gasteiger partial charge in [-0.3, -0.25) is 4.79 Å². The molecule has 0 aromatic carbocycles. The number of carbonyl (C=O) groups is 2. The molecule has 1 aliphatic heterocycles. The number of rotatable bonds is 6. The Morgan fingerprint density at radius 3 is 2.82 bits per heavy atom. The van der Waals surface area contributed by atoms with Crippen molar-refractivity contribution >= 4 is 23.6 Å². The van der Waals surface area contributed by atoms with Crippen LogP contribution in [0.25, 0.3) is 0 Å². The van der Waals surface area contributed by atoms with Crippen molar-refractivity contribution in [3.05, 3.63) is 0 Å². The number of amides is 1. The molecule has 17 heavy (non-hydrogen) atoms. The number of aliphatic carboxylic acids is 1. The fourth-order valence-electron chi connectivity index (χ4n) is 1.59. The van der Waals surface area contributed by atoms with Gasteiger partial charge in [0, 0.05) is 13.0 Å². The van der Waals surface area contributed by atoms with E-state index in [1.54, 1.807) is 11.8 Å². The number of hydrogen-bond acceptors (Lipinski definition) is 5. The highest BCUT2D eigenvalue weighted by Crippen LogP contribution is 2.19. The van der Waals surface area contributed by atoms with E-state index in [1.807, 2.05) is 6.26 Å². The van der Waals surface area contributed by atoms with Gasteiger partial charge in [0.05, 0.1) is 12.6 Å². The molecule has 1 amide bonds. The van der Waals surface area contributed by atoms with Crippen LogP contribution in [0.5, 0.6) is 0 Å². The number of nitrogens with one attached hydrogen (secondary N) is 1. The van der Waals surface area contributed by atoms with Crippen molar-refractivity contribution in [2.45, 2.75) is 24.4 Å². The minimum atomic E-state index is -1.30. The lowest BCUT2D eigenvalue weighted by Gasteiger charge is -2.25. The molecule has 0 aromatic rings. The average molecular weight is 262 g/mol. The first-order valence-corrected chi connectivity index (χ1v) is 6.79. The minimum Gasteiger partial charge on any atom is -0.479 e. The standard InChI is InChI=1S/C10H18N2O4S/c1-17-5-2-7(11)8(13)12-10(9(14)15)3-4-16-6-10/h7H,2-6,11H2,1H3,(H,12,13)(H,14,15)/t7-,10?/m0/s1. The number of carboxylic acid groups (broad SMARTS) is 1. The van der Waals surface area contributed by atoms with E-state index in [2.05, 4.69) is 5.32 Å². The van der Waals surface area contributed by atoms with Crippen molar-refractivity contribution in [2.75, 3.05) is 25.2 Å². The van der Waals surface area contributed by atoms with E-state index >= 15 is 0 Å². The first-order chi connectivity index (χ1) is 8.02. The predicted molar refractivity (Wildman–Crippen MR) is 64.9 cm³/mol. The molecule has 0 bridgehead atoms. The molecule has 98 valence electrons. The van der Waals surface area contributed by atoms with Crippen molar-refractivity contribution in [3.8, 4) is 0 Å². The summed E-state index contributed by atoms with van der Waals surface area (Å²) in [5.41, 5.74) is 4.38. The Morgan fingerprint density at radius 2 is 2.35 bits per heavy atom. The fraction of sp³-hybridized carbons (Fsp3) is 0.800. The summed E-state index contributed by atoms with van der Waals surface area (Å²) in [6.07, 6.45) is 2.74. The highest BCUT2D eigenvalue weighted by Gasteiger charge is 2.44. The fourth-order valence-corrected chi connectivity index (χ4v) is 2.08. The Labute approximate surface area is 104 Å². The summed E-state index contributed by atoms with van der Waals surface area (Å²) in [5, 5.41) is 11.6. The van der Waals surface area contributed by atoms with E-state index in [1.165, 1.54) is 0 Å². The van der Waals surface area contributed by atoms with Gasteiger partial charge in [-0.1, -0.05) is 0 Å². The third kappa shape index (κ3) is 3.58. The number of carbonyl (C=O) groups excluding carboxylic acids is 1. The molecule has 1 rings (SSSR count). The molecular formula is C10H18N2O4S. The lowest BCUT2D eigenvalue weighted by atomic mass is 9.98. The lowest BCUT2D eigenvalue weighted by Crippen LogP contribution is -2.58. The Bertz CT molecular complexity index is 292. The van der Waals surface area contributed by atoms with Crippen LogP contribution in [0.4, 0.5) is 0 Å². The summed E-state index contributed by atoms with van der Waals surface area (Å²) in [5.74, 6) is -0.724. The Balaban J connectivity index is 2.56. The number of nitrogens with two attached hydrogens (primary N) is 1. The Kier molecular flexibility index (Phi) is 5.23. The van der Waals surface area contributed by atoms with Crippen LogP contribution in [-0.2, 0) is 14.3 Å². The zero-order valence-corrected chi connectivity index (χ0v) is 10.6. The molecule has 1 aliphatic rings. The van der Waals surface area contributed by atoms with Crippen LogP contribution in [-0.4, -0.2) is 53.8 Å². The second-order valence-corrected chi connectivity index (χ2v) is 5.05. The molecule has 0 radical (unpaired) electrons. The third-order valence-corrected chi connectivity index (χ3v) is 3.41. The quantitative estimate of drug-likeness (QED) is 0.592. The summed E-state index contributed by atoms with van der Waals surface area (Å²) in [4.78, 5) is 22.9. The van der Waals surface area contributed by atoms with Crippen molar-refractivity contribution in [1.29, 1.82) is 0 Å². The summed E-state index contributed by atoms with van der Waals surface area (Å²) in [6, 6.07) is -0.667. The molecule has 0 aliphatic carbocycles. The largest absolute Gasteiger partial charge is 0.479 e. The molecule has 4 N–H and O–H groups in total. The summed E-state index contributed by atoms with van der Waals surface area (Å²) < 4.78 is 5.04. The van der Waals surface area contributed by atoms with Gasteiger partial charge in [-0.05, 0) is 18.4 Å². The van der Waals surface area contributed by atoms with Gasteiger partial charge in [0.25, 0.3) is 0 Å². The molecule has 0 spiro atoms. The molecule has 6 nitrogen and oxygen atoms in total. The maximum Gasteiger partial charge on any atom is 0.331 e. The average Bonchev–Trinajstić information content (AvgIpc) is 2.75. The second kappa shape index (κ2) is 6.23. The van der Waals surface area contributed by atoms with Crippen LogP contribution >= 0.6 is 11.8 Å². The van der Waals surface area contributed by atoms with Crippen molar-refractivity contribution in [1.82, 2.24) is 5.32 Å². The number of carboxylic acids is 1. The van der Waals surface area contributed by atoms with Gasteiger partial charge in [-0.25, -0.2) is 4.79 Å². The van der Waals surface area contributed by atoms with Crippen LogP contribution in [0.3, 0.4) is 0 Å². The van der Waals surface area contributed by atoms with Crippen molar-refractivity contribution < 1.29 is 19.4 Å². The molecule has 1 unspecified atom stereocenters. The Morgan fingerprint density at radius 1 is 1.65 bits per heavy atom. The Hall–Kier alpha value is -0.790. The molecule has 1 fully saturated rings. The van der Waals surface area contributed by atoms with Crippen LogP contribution in [0.15, 0.2) is 0 Å². The molecule has 0 aromatic heterocycles. The normalized spacial score (nSPS) is 25.5. The van der Waals surface area contributed by atoms with E-state index < -0.39 is 23.5 Å². The maximum absolute atomic E-state index is 11.8. The number of thioether (sulfide) groups is 1. The monoisotopic (exact) mass is 262 g/mol. The van der Waals surface area contributed by atoms with E-state index in [0.717, 1.165) is 5.75 Å². The lowest BCUT2D eigenvalue weighted by molar-refractivity contribution is -0.147. The smallest absolute Gasteiger partial charge is 0.331 e. The van der Waals surface area contributed by atoms with Gasteiger partial charge in [0.1, 0.15) is 0 Å². The zero-order chi connectivity index (χ0) is 12.9. The van der Waals surface area contributed by atoms with Gasteiger partial charge in [-0.2, -0.15) is 11.8 Å². The van der Waals surface area contributed by atoms with Gasteiger partial charge in [-0.15, -0.1) is 0 Å². The van der Waals surface area contributed by atoms with Crippen LogP contribution in [0.1, 0.15) is 12.8 Å². The summed E-state index contributed by atoms with van der Waals surface area (Å²) in [7, 11) is 0. The molecule has 0 saturated carbocycles. The van der Waals surface area contributed by atoms with Crippen molar-refractivity contribution in [2.24, 2.45) is 5.73 Å². The topological polar surface area (TPSA) is 102 Å². The zero-order valence-electron chi connectivity index (χ0n) is 9.77. The van der Waals surface area contributed by atoms with Gasteiger partial charge in [0.2, 0.25) is 5.91 Å². The number of ether oxygens (including phenoxy) is 1. The molecule has 1 heterocycles. The highest BCUT2D eigenvalue weighted by molar-refractivity contribution is 7.98. The maximum atomic E-state index is 11.8. The van der Waals surface area contributed by atoms with Gasteiger partial charge < -0.3 is 20.9 Å². The molecule has 1 saturated heterocycles. The minimum absolute atomic E-state index is 0.00329. The van der Waals surface area contributed by atoms with E-state index in [-0.39, 0.29) is 13.0 Å². The molecule has 7 heteroatoms. The SMILES string of the molecule is CSCC[C@H](N)C(=O)NC1(C(=O)O)CCOC1. The third-order valence-electron chi connectivity index (χ3n) is 2.76. The van der Waals surface area contributed by atoms with Crippen LogP contribution in [0, 0.1) is 0 Å². The van der Waals surface area contributed by atoms with E-state index in [4.69, 9.17) is 15.6 Å². The summed E-state index contributed by atoms with van der Waals surface area (Å²) >= 11 is 1.59. The van der Waals surface area contributed by atoms with Crippen LogP contribution < -0.4 is 11.1 Å². The number of hydrogen-bond donors (Lipinski definition) is 3. The van der Waals surface area contributed by atoms with E-state index in [9.17, 15) is 9.59 Å². The van der Waals surface area contributed by atoms with Crippen molar-refractivity contribution in [3.63, 3.8) is 0 Å². The van der Waals surface area contributed by atoms with Gasteiger partial charge >= 0.3 is 5.97 Å². The first-order valence-electron chi connectivity index (χ1n) is 5.39. The second-order valence-electron chi connectivity index (χ2n) is 4.07. The first kappa shape index (κ1) is 14.3. The van der Waals surface area contributed by atoms with E-state index in [0.29, 0.717) is 13.0 Å². The van der Waals surface area contributed by atoms with Crippen LogP contribution in [0.2, 0.25) is 0 Å². The van der Waals surface area contributed by atoms with Gasteiger partial charge in [0.15, 0.2) is 5.54 Å². The molecular weight excluding hydrogens is 244 g/mol.